The minimum Gasteiger partial charge on any atom is -0.394 e. The zero-order valence-electron chi connectivity index (χ0n) is 5.64. The Bertz CT molecular complexity index is 84.1. The minimum absolute atomic E-state index is 0.274. The minimum atomic E-state index is -1.92. The highest BCUT2D eigenvalue weighted by Gasteiger charge is 2.15. The summed E-state index contributed by atoms with van der Waals surface area (Å²) in [5.74, 6) is 0. The molecular weight excluding hydrogens is 140 g/mol. The van der Waals surface area contributed by atoms with Crippen LogP contribution in [0.2, 0.25) is 0 Å². The van der Waals surface area contributed by atoms with E-state index in [9.17, 15) is 0 Å². The van der Waals surface area contributed by atoms with Crippen molar-refractivity contribution in [3.63, 3.8) is 0 Å². The lowest BCUT2D eigenvalue weighted by molar-refractivity contribution is -0.249. The average Bonchev–Trinajstić information content (AvgIpc) is 1.87. The predicted octanol–water partition coefficient (Wildman–Crippen LogP) is -1.99. The molecule has 2 unspecified atom stereocenters. The second kappa shape index (κ2) is 4.59. The van der Waals surface area contributed by atoms with Crippen molar-refractivity contribution in [3.05, 3.63) is 0 Å². The Labute approximate surface area is 58.5 Å². The monoisotopic (exact) mass is 152 g/mol. The topological polar surface area (TPSA) is 90.2 Å². The molecule has 0 aromatic rings. The number of ether oxygens (including phenoxy) is 1. The van der Waals surface area contributed by atoms with E-state index in [0.29, 0.717) is 0 Å². The Morgan fingerprint density at radius 1 is 1.30 bits per heavy atom. The second-order valence-electron chi connectivity index (χ2n) is 1.93. The van der Waals surface area contributed by atoms with Gasteiger partial charge in [0.2, 0.25) is 12.6 Å². The molecule has 0 rings (SSSR count). The Morgan fingerprint density at radius 3 is 2.10 bits per heavy atom. The third-order valence-electron chi connectivity index (χ3n) is 0.884. The molecule has 2 atom stereocenters. The summed E-state index contributed by atoms with van der Waals surface area (Å²) in [6, 6.07) is 0. The quantitative estimate of drug-likeness (QED) is 0.350. The van der Waals surface area contributed by atoms with Gasteiger partial charge in [0.05, 0.1) is 12.7 Å². The van der Waals surface area contributed by atoms with Crippen LogP contribution in [0.1, 0.15) is 6.92 Å². The van der Waals surface area contributed by atoms with Crippen LogP contribution in [0.15, 0.2) is 0 Å². The Balaban J connectivity index is 3.46. The molecule has 0 aliphatic carbocycles. The van der Waals surface area contributed by atoms with Gasteiger partial charge in [-0.3, -0.25) is 0 Å². The molecule has 0 aliphatic rings. The van der Waals surface area contributed by atoms with Gasteiger partial charge in [-0.25, -0.2) is 0 Å². The van der Waals surface area contributed by atoms with Crippen LogP contribution in [0.3, 0.4) is 0 Å². The number of hydrogen-bond acceptors (Lipinski definition) is 5. The van der Waals surface area contributed by atoms with Gasteiger partial charge in [-0.2, -0.15) is 0 Å². The maximum atomic E-state index is 8.59. The molecule has 0 spiro atoms. The number of hydrogen-bond donors (Lipinski definition) is 4. The van der Waals surface area contributed by atoms with Crippen LogP contribution in [0, 0.1) is 0 Å². The van der Waals surface area contributed by atoms with E-state index in [4.69, 9.17) is 20.4 Å². The van der Waals surface area contributed by atoms with Crippen LogP contribution in [0.5, 0.6) is 0 Å². The molecule has 0 amide bonds. The Morgan fingerprint density at radius 2 is 1.80 bits per heavy atom. The first-order chi connectivity index (χ1) is 4.57. The molecule has 0 radical (unpaired) electrons. The van der Waals surface area contributed by atoms with Gasteiger partial charge in [0.15, 0.2) is 0 Å². The van der Waals surface area contributed by atoms with E-state index < -0.39 is 18.7 Å². The largest absolute Gasteiger partial charge is 0.394 e. The maximum Gasteiger partial charge on any atom is 0.206 e. The van der Waals surface area contributed by atoms with Gasteiger partial charge in [-0.05, 0) is 6.92 Å². The van der Waals surface area contributed by atoms with Crippen LogP contribution >= 0.6 is 0 Å². The lowest BCUT2D eigenvalue weighted by atomic mass is 10.4. The molecule has 0 saturated carbocycles. The first-order valence-corrected chi connectivity index (χ1v) is 2.88. The van der Waals surface area contributed by atoms with Gasteiger partial charge in [-0.15, -0.1) is 0 Å². The molecule has 0 saturated heterocycles. The molecule has 10 heavy (non-hydrogen) atoms. The van der Waals surface area contributed by atoms with Gasteiger partial charge < -0.3 is 25.2 Å². The summed E-state index contributed by atoms with van der Waals surface area (Å²) < 4.78 is 4.47. The van der Waals surface area contributed by atoms with Gasteiger partial charge in [-0.1, -0.05) is 0 Å². The summed E-state index contributed by atoms with van der Waals surface area (Å²) in [7, 11) is 0. The average molecular weight is 152 g/mol. The van der Waals surface area contributed by atoms with Crippen molar-refractivity contribution in [2.24, 2.45) is 0 Å². The molecule has 0 bridgehead atoms. The molecule has 0 aromatic heterocycles. The van der Waals surface area contributed by atoms with Crippen molar-refractivity contribution in [2.45, 2.75) is 25.6 Å². The maximum absolute atomic E-state index is 8.59. The molecule has 62 valence electrons. The lowest BCUT2D eigenvalue weighted by Crippen LogP contribution is -2.32. The summed E-state index contributed by atoms with van der Waals surface area (Å²) in [5.41, 5.74) is 0. The van der Waals surface area contributed by atoms with Crippen molar-refractivity contribution >= 4 is 0 Å². The molecule has 5 heteroatoms. The van der Waals surface area contributed by atoms with Crippen LogP contribution in [-0.4, -0.2) is 45.7 Å². The second-order valence-corrected chi connectivity index (χ2v) is 1.93. The van der Waals surface area contributed by atoms with Crippen molar-refractivity contribution < 1.29 is 25.2 Å². The molecule has 0 aliphatic heterocycles. The van der Waals surface area contributed by atoms with Crippen LogP contribution in [-0.2, 0) is 4.74 Å². The first kappa shape index (κ1) is 9.80. The van der Waals surface area contributed by atoms with E-state index in [1.807, 2.05) is 0 Å². The van der Waals surface area contributed by atoms with E-state index in [0.717, 1.165) is 0 Å². The zero-order chi connectivity index (χ0) is 8.15. The molecule has 0 heterocycles. The normalized spacial score (nSPS) is 17.4. The molecule has 4 N–H and O–H groups in total. The SMILES string of the molecule is CC(CO)OC(O)C(O)O. The smallest absolute Gasteiger partial charge is 0.206 e. The summed E-state index contributed by atoms with van der Waals surface area (Å²) in [6.45, 7) is 1.22. The predicted molar refractivity (Wildman–Crippen MR) is 31.9 cm³/mol. The highest BCUT2D eigenvalue weighted by atomic mass is 16.7. The third kappa shape index (κ3) is 3.76. The molecular formula is C5H12O5. The van der Waals surface area contributed by atoms with E-state index >= 15 is 0 Å². The lowest BCUT2D eigenvalue weighted by Gasteiger charge is -2.17. The van der Waals surface area contributed by atoms with Gasteiger partial charge in [0.1, 0.15) is 0 Å². The highest BCUT2D eigenvalue weighted by Crippen LogP contribution is 1.97. The van der Waals surface area contributed by atoms with Gasteiger partial charge in [0.25, 0.3) is 0 Å². The molecule has 0 fully saturated rings. The summed E-state index contributed by atoms with van der Waals surface area (Å²) in [5, 5.41) is 33.5. The summed E-state index contributed by atoms with van der Waals surface area (Å²) in [4.78, 5) is 0. The number of rotatable bonds is 4. The van der Waals surface area contributed by atoms with Crippen LogP contribution in [0.25, 0.3) is 0 Å². The van der Waals surface area contributed by atoms with E-state index in [2.05, 4.69) is 4.74 Å². The fourth-order valence-corrected chi connectivity index (χ4v) is 0.351. The zero-order valence-corrected chi connectivity index (χ0v) is 5.64. The van der Waals surface area contributed by atoms with Crippen LogP contribution in [0.4, 0.5) is 0 Å². The van der Waals surface area contributed by atoms with E-state index in [1.165, 1.54) is 6.92 Å². The Hall–Kier alpha value is -0.200. The summed E-state index contributed by atoms with van der Waals surface area (Å²) in [6.07, 6.45) is -4.17. The van der Waals surface area contributed by atoms with E-state index in [1.54, 1.807) is 0 Å². The van der Waals surface area contributed by atoms with Gasteiger partial charge in [0, 0.05) is 0 Å². The summed E-state index contributed by atoms with van der Waals surface area (Å²) >= 11 is 0. The van der Waals surface area contributed by atoms with Crippen molar-refractivity contribution in [2.75, 3.05) is 6.61 Å². The van der Waals surface area contributed by atoms with Crippen molar-refractivity contribution in [1.82, 2.24) is 0 Å². The van der Waals surface area contributed by atoms with Crippen LogP contribution < -0.4 is 0 Å². The van der Waals surface area contributed by atoms with E-state index in [-0.39, 0.29) is 6.61 Å². The number of aliphatic hydroxyl groups excluding tert-OH is 3. The van der Waals surface area contributed by atoms with Crippen molar-refractivity contribution in [1.29, 1.82) is 0 Å². The molecule has 5 nitrogen and oxygen atoms in total. The fourth-order valence-electron chi connectivity index (χ4n) is 0.351. The standard InChI is InChI=1S/C5H12O5/c1-3(2-6)10-5(9)4(7)8/h3-9H,2H2,1H3. The molecule has 0 aromatic carbocycles. The van der Waals surface area contributed by atoms with Gasteiger partial charge >= 0.3 is 0 Å². The number of aliphatic hydroxyl groups is 4. The third-order valence-corrected chi connectivity index (χ3v) is 0.884. The van der Waals surface area contributed by atoms with Crippen molar-refractivity contribution in [3.8, 4) is 0 Å². The first-order valence-electron chi connectivity index (χ1n) is 2.88. The highest BCUT2D eigenvalue weighted by molar-refractivity contribution is 4.48. The fraction of sp³-hybridized carbons (Fsp3) is 1.00. The Kier molecular flexibility index (Phi) is 4.50.